The van der Waals surface area contributed by atoms with Crippen LogP contribution in [0.4, 0.5) is 5.69 Å². The van der Waals surface area contributed by atoms with Gasteiger partial charge in [-0.3, -0.25) is 15.5 Å². The summed E-state index contributed by atoms with van der Waals surface area (Å²) in [5, 5.41) is 28.3. The minimum atomic E-state index is -0.731. The Hall–Kier alpha value is -2.22. The van der Waals surface area contributed by atoms with E-state index < -0.39 is 16.4 Å². The maximum atomic E-state index is 11.1. The minimum absolute atomic E-state index is 0.316. The van der Waals surface area contributed by atoms with E-state index in [0.29, 0.717) is 10.7 Å². The highest BCUT2D eigenvalue weighted by molar-refractivity contribution is 7.80. The summed E-state index contributed by atoms with van der Waals surface area (Å²) in [6, 6.07) is 3.70. The molecule has 0 fully saturated rings. The lowest BCUT2D eigenvalue weighted by Crippen LogP contribution is -2.28. The van der Waals surface area contributed by atoms with E-state index in [-0.39, 0.29) is 0 Å². The lowest BCUT2D eigenvalue weighted by molar-refractivity contribution is -0.398. The Balaban J connectivity index is 2.82. The second-order valence-electron chi connectivity index (χ2n) is 2.93. The van der Waals surface area contributed by atoms with Crippen LogP contribution < -0.4 is 15.8 Å². The highest BCUT2D eigenvalue weighted by atomic mass is 32.1. The van der Waals surface area contributed by atoms with E-state index in [1.165, 1.54) is 12.3 Å². The van der Waals surface area contributed by atoms with Crippen LogP contribution in [0.1, 0.15) is 5.56 Å². The molecule has 1 aromatic rings. The molecule has 0 radical (unpaired) electrons. The molecule has 8 heteroatoms. The fraction of sp³-hybridized carbons (Fsp3) is 0.111. The first kappa shape index (κ1) is 12.8. The molecule has 1 rings (SSSR count). The lowest BCUT2D eigenvalue weighted by atomic mass is 10.2. The molecule has 2 N–H and O–H groups in total. The number of benzene rings is 1. The number of thiocarbonyl (C=S) groups is 1. The highest BCUT2D eigenvalue weighted by Crippen LogP contribution is 2.22. The number of hydrogen-bond donors (Lipinski definition) is 2. The number of nitrogens with zero attached hydrogens (tertiary/aromatic N) is 2. The molecule has 0 aliphatic carbocycles. The normalized spacial score (nSPS) is 10.2. The van der Waals surface area contributed by atoms with Gasteiger partial charge in [0.1, 0.15) is 0 Å². The molecule has 17 heavy (non-hydrogen) atoms. The largest absolute Gasteiger partial charge is 0.868 e. The van der Waals surface area contributed by atoms with Gasteiger partial charge in [-0.1, -0.05) is 12.1 Å². The smallest absolute Gasteiger partial charge is 0.262 e. The molecule has 0 saturated carbocycles. The van der Waals surface area contributed by atoms with Crippen molar-refractivity contribution in [2.75, 3.05) is 7.05 Å². The van der Waals surface area contributed by atoms with Gasteiger partial charge in [-0.15, -0.1) is 0 Å². The summed E-state index contributed by atoms with van der Waals surface area (Å²) in [6.07, 6.45) is 1.33. The first-order valence-electron chi connectivity index (χ1n) is 4.51. The molecular formula is C9H9N4O3S-. The zero-order valence-corrected chi connectivity index (χ0v) is 9.65. The molecule has 7 nitrogen and oxygen atoms in total. The molecule has 0 amide bonds. The van der Waals surface area contributed by atoms with Crippen LogP contribution >= 0.6 is 12.2 Å². The molecule has 0 bridgehead atoms. The quantitative estimate of drug-likeness (QED) is 0.342. The standard InChI is InChI=1S/C9H10N4O3S/c1-10-9(17)12-11-5-6-2-3-8(14)7(4-6)13(15)16/h2-5,14H,1H3,(H2,10,12,17)/p-1/b11-5-. The molecule has 0 spiro atoms. The van der Waals surface area contributed by atoms with Gasteiger partial charge < -0.3 is 10.4 Å². The van der Waals surface area contributed by atoms with Gasteiger partial charge in [0.2, 0.25) is 0 Å². The van der Waals surface area contributed by atoms with E-state index in [2.05, 4.69) is 15.8 Å². The summed E-state index contributed by atoms with van der Waals surface area (Å²) in [5.74, 6) is -0.633. The van der Waals surface area contributed by atoms with Crippen molar-refractivity contribution in [1.29, 1.82) is 0 Å². The van der Waals surface area contributed by atoms with Crippen LogP contribution in [0.3, 0.4) is 0 Å². The topological polar surface area (TPSA) is 103 Å². The van der Waals surface area contributed by atoms with Crippen LogP contribution in [0.15, 0.2) is 23.3 Å². The summed E-state index contributed by atoms with van der Waals surface area (Å²) in [5.41, 5.74) is 2.44. The Morgan fingerprint density at radius 1 is 1.59 bits per heavy atom. The van der Waals surface area contributed by atoms with Crippen LogP contribution in [0.2, 0.25) is 0 Å². The van der Waals surface area contributed by atoms with Crippen molar-refractivity contribution in [2.45, 2.75) is 0 Å². The Labute approximate surface area is 102 Å². The molecule has 0 unspecified atom stereocenters. The average molecular weight is 253 g/mol. The lowest BCUT2D eigenvalue weighted by Gasteiger charge is -2.06. The molecule has 90 valence electrons. The van der Waals surface area contributed by atoms with Crippen LogP contribution in [-0.2, 0) is 0 Å². The molecule has 0 heterocycles. The Morgan fingerprint density at radius 2 is 2.29 bits per heavy atom. The summed E-state index contributed by atoms with van der Waals surface area (Å²) < 4.78 is 0. The first-order valence-corrected chi connectivity index (χ1v) is 4.91. The highest BCUT2D eigenvalue weighted by Gasteiger charge is 2.06. The van der Waals surface area contributed by atoms with Gasteiger partial charge in [0.05, 0.1) is 11.1 Å². The summed E-state index contributed by atoms with van der Waals surface area (Å²) >= 11 is 4.76. The minimum Gasteiger partial charge on any atom is -0.868 e. The van der Waals surface area contributed by atoms with E-state index >= 15 is 0 Å². The molecule has 0 atom stereocenters. The van der Waals surface area contributed by atoms with Crippen molar-refractivity contribution in [2.24, 2.45) is 5.10 Å². The SMILES string of the molecule is CNC(=S)N/N=C\c1ccc([O-])c([N+](=O)[O-])c1. The maximum absolute atomic E-state index is 11.1. The van der Waals surface area contributed by atoms with Gasteiger partial charge in [0, 0.05) is 18.7 Å². The monoisotopic (exact) mass is 253 g/mol. The summed E-state index contributed by atoms with van der Waals surface area (Å²) in [7, 11) is 1.63. The number of hydrazone groups is 1. The average Bonchev–Trinajstić information content (AvgIpc) is 2.30. The number of rotatable bonds is 3. The van der Waals surface area contributed by atoms with Gasteiger partial charge in [-0.25, -0.2) is 0 Å². The molecular weight excluding hydrogens is 244 g/mol. The molecule has 0 saturated heterocycles. The number of nitrogens with one attached hydrogen (secondary N) is 2. The van der Waals surface area contributed by atoms with Crippen LogP contribution in [0.5, 0.6) is 5.75 Å². The van der Waals surface area contributed by atoms with Crippen LogP contribution in [-0.4, -0.2) is 23.3 Å². The number of hydrogen-bond acceptors (Lipinski definition) is 5. The van der Waals surface area contributed by atoms with E-state index in [1.54, 1.807) is 7.05 Å². The van der Waals surface area contributed by atoms with Gasteiger partial charge >= 0.3 is 0 Å². The molecule has 0 aromatic heterocycles. The van der Waals surface area contributed by atoms with Crippen LogP contribution in [0, 0.1) is 10.1 Å². The van der Waals surface area contributed by atoms with Crippen molar-refractivity contribution < 1.29 is 10.0 Å². The summed E-state index contributed by atoms with van der Waals surface area (Å²) in [6.45, 7) is 0. The van der Waals surface area contributed by atoms with E-state index in [0.717, 1.165) is 12.1 Å². The Kier molecular flexibility index (Phi) is 4.35. The van der Waals surface area contributed by atoms with E-state index in [1.807, 2.05) is 0 Å². The van der Waals surface area contributed by atoms with Crippen molar-refractivity contribution in [3.05, 3.63) is 33.9 Å². The number of nitro groups is 1. The molecule has 0 aliphatic rings. The second-order valence-corrected chi connectivity index (χ2v) is 3.34. The molecule has 1 aromatic carbocycles. The van der Waals surface area contributed by atoms with Crippen molar-refractivity contribution in [1.82, 2.24) is 10.7 Å². The van der Waals surface area contributed by atoms with Gasteiger partial charge in [0.25, 0.3) is 5.69 Å². The van der Waals surface area contributed by atoms with Crippen molar-refractivity contribution in [3.63, 3.8) is 0 Å². The predicted molar refractivity (Wildman–Crippen MR) is 64.9 cm³/mol. The fourth-order valence-corrected chi connectivity index (χ4v) is 1.03. The second kappa shape index (κ2) is 5.75. The zero-order chi connectivity index (χ0) is 12.8. The van der Waals surface area contributed by atoms with Gasteiger partial charge in [-0.2, -0.15) is 5.10 Å². The number of nitro benzene ring substituents is 1. The Bertz CT molecular complexity index is 475. The van der Waals surface area contributed by atoms with Gasteiger partial charge in [0.15, 0.2) is 5.11 Å². The van der Waals surface area contributed by atoms with E-state index in [4.69, 9.17) is 12.2 Å². The third kappa shape index (κ3) is 3.68. The predicted octanol–water partition coefficient (Wildman–Crippen LogP) is 0.0962. The first-order chi connectivity index (χ1) is 8.04. The van der Waals surface area contributed by atoms with Crippen molar-refractivity contribution in [3.8, 4) is 5.75 Å². The Morgan fingerprint density at radius 3 is 2.88 bits per heavy atom. The summed E-state index contributed by atoms with van der Waals surface area (Å²) in [4.78, 5) is 9.79. The molecule has 0 aliphatic heterocycles. The van der Waals surface area contributed by atoms with E-state index in [9.17, 15) is 15.2 Å². The zero-order valence-electron chi connectivity index (χ0n) is 8.84. The van der Waals surface area contributed by atoms with Crippen LogP contribution in [0.25, 0.3) is 0 Å². The fourth-order valence-electron chi connectivity index (χ4n) is 0.979. The third-order valence-corrected chi connectivity index (χ3v) is 2.08. The third-order valence-electron chi connectivity index (χ3n) is 1.79. The van der Waals surface area contributed by atoms with Crippen molar-refractivity contribution >= 4 is 29.2 Å². The van der Waals surface area contributed by atoms with Gasteiger partial charge in [-0.05, 0) is 18.0 Å². The maximum Gasteiger partial charge on any atom is 0.262 e.